The first-order valence-corrected chi connectivity index (χ1v) is 7.80. The van der Waals surface area contributed by atoms with Crippen LogP contribution in [0.1, 0.15) is 24.0 Å². The highest BCUT2D eigenvalue weighted by atomic mass is 35.5. The Morgan fingerprint density at radius 2 is 1.71 bits per heavy atom. The van der Waals surface area contributed by atoms with Crippen LogP contribution < -0.4 is 5.32 Å². The summed E-state index contributed by atoms with van der Waals surface area (Å²) in [6, 6.07) is 18.0. The van der Waals surface area contributed by atoms with Gasteiger partial charge in [0.2, 0.25) is 5.91 Å². The molecule has 1 amide bonds. The second-order valence-corrected chi connectivity index (χ2v) is 5.92. The Morgan fingerprint density at radius 1 is 1.05 bits per heavy atom. The number of amides is 1. The van der Waals surface area contributed by atoms with Gasteiger partial charge in [0.25, 0.3) is 0 Å². The van der Waals surface area contributed by atoms with Crippen LogP contribution in [-0.2, 0) is 16.6 Å². The number of halogens is 1. The van der Waals surface area contributed by atoms with Crippen LogP contribution in [0.5, 0.6) is 0 Å². The Kier molecular flexibility index (Phi) is 3.98. The van der Waals surface area contributed by atoms with Crippen LogP contribution in [0.2, 0.25) is 0 Å². The number of aryl methyl sites for hydroxylation is 1. The summed E-state index contributed by atoms with van der Waals surface area (Å²) in [6.45, 7) is 0. The molecule has 0 aliphatic heterocycles. The van der Waals surface area contributed by atoms with E-state index < -0.39 is 0 Å². The molecule has 3 heteroatoms. The summed E-state index contributed by atoms with van der Waals surface area (Å²) in [7, 11) is 0. The molecule has 21 heavy (non-hydrogen) atoms. The van der Waals surface area contributed by atoms with E-state index in [1.54, 1.807) is 0 Å². The number of alkyl halides is 1. The highest BCUT2D eigenvalue weighted by Crippen LogP contribution is 2.48. The average molecular weight is 300 g/mol. The van der Waals surface area contributed by atoms with Gasteiger partial charge in [-0.1, -0.05) is 42.5 Å². The number of carbonyl (C=O) groups excluding carboxylic acids is 1. The van der Waals surface area contributed by atoms with E-state index >= 15 is 0 Å². The number of benzene rings is 2. The molecule has 1 saturated carbocycles. The van der Waals surface area contributed by atoms with E-state index in [-0.39, 0.29) is 11.3 Å². The summed E-state index contributed by atoms with van der Waals surface area (Å²) in [5, 5.41) is 3.04. The SMILES string of the molecule is O=C(Nc1ccc(CCCl)cc1)C1(c2ccccc2)CC1. The molecule has 1 aliphatic carbocycles. The maximum absolute atomic E-state index is 12.6. The van der Waals surface area contributed by atoms with Crippen molar-refractivity contribution < 1.29 is 4.79 Å². The molecule has 0 spiro atoms. The zero-order valence-electron chi connectivity index (χ0n) is 11.8. The monoisotopic (exact) mass is 299 g/mol. The average Bonchev–Trinajstić information content (AvgIpc) is 3.32. The quantitative estimate of drug-likeness (QED) is 0.826. The fourth-order valence-electron chi connectivity index (χ4n) is 2.64. The molecule has 0 aromatic heterocycles. The highest BCUT2D eigenvalue weighted by Gasteiger charge is 2.51. The van der Waals surface area contributed by atoms with Crippen molar-refractivity contribution in [3.63, 3.8) is 0 Å². The number of anilines is 1. The molecule has 1 aliphatic rings. The lowest BCUT2D eigenvalue weighted by Crippen LogP contribution is -2.27. The van der Waals surface area contributed by atoms with Gasteiger partial charge in [-0.05, 0) is 42.5 Å². The largest absolute Gasteiger partial charge is 0.325 e. The minimum Gasteiger partial charge on any atom is -0.325 e. The predicted octanol–water partition coefficient (Wildman–Crippen LogP) is 4.14. The van der Waals surface area contributed by atoms with Gasteiger partial charge in [0.15, 0.2) is 0 Å². The predicted molar refractivity (Wildman–Crippen MR) is 86.8 cm³/mol. The summed E-state index contributed by atoms with van der Waals surface area (Å²) in [6.07, 6.45) is 2.70. The third-order valence-corrected chi connectivity index (χ3v) is 4.29. The first-order chi connectivity index (χ1) is 10.2. The fourth-order valence-corrected chi connectivity index (χ4v) is 2.86. The summed E-state index contributed by atoms with van der Waals surface area (Å²) < 4.78 is 0. The van der Waals surface area contributed by atoms with Crippen LogP contribution in [0, 0.1) is 0 Å². The van der Waals surface area contributed by atoms with Gasteiger partial charge in [-0.15, -0.1) is 11.6 Å². The van der Waals surface area contributed by atoms with E-state index in [4.69, 9.17) is 11.6 Å². The second kappa shape index (κ2) is 5.90. The third-order valence-electron chi connectivity index (χ3n) is 4.11. The molecule has 0 radical (unpaired) electrons. The molecular formula is C18H18ClNO. The Bertz CT molecular complexity index is 617. The van der Waals surface area contributed by atoms with E-state index in [0.29, 0.717) is 5.88 Å². The Labute approximate surface area is 130 Å². The Morgan fingerprint density at radius 3 is 2.29 bits per heavy atom. The fraction of sp³-hybridized carbons (Fsp3) is 0.278. The van der Waals surface area contributed by atoms with E-state index in [2.05, 4.69) is 5.32 Å². The minimum atomic E-state index is -0.323. The summed E-state index contributed by atoms with van der Waals surface area (Å²) in [4.78, 5) is 12.6. The molecule has 2 aromatic carbocycles. The molecule has 0 atom stereocenters. The lowest BCUT2D eigenvalue weighted by atomic mass is 9.95. The molecule has 108 valence electrons. The van der Waals surface area contributed by atoms with Crippen molar-refractivity contribution in [1.82, 2.24) is 0 Å². The zero-order valence-corrected chi connectivity index (χ0v) is 12.6. The zero-order chi connectivity index (χ0) is 14.7. The van der Waals surface area contributed by atoms with Crippen molar-refractivity contribution in [2.24, 2.45) is 0 Å². The standard InChI is InChI=1S/C18H18ClNO/c19-13-10-14-6-8-16(9-7-14)20-17(21)18(11-12-18)15-4-2-1-3-5-15/h1-9H,10-13H2,(H,20,21). The number of nitrogens with one attached hydrogen (secondary N) is 1. The first-order valence-electron chi connectivity index (χ1n) is 7.26. The molecule has 1 fully saturated rings. The number of hydrogen-bond donors (Lipinski definition) is 1. The van der Waals surface area contributed by atoms with Crippen LogP contribution in [0.4, 0.5) is 5.69 Å². The summed E-state index contributed by atoms with van der Waals surface area (Å²) in [5.41, 5.74) is 2.82. The van der Waals surface area contributed by atoms with Crippen LogP contribution in [0.25, 0.3) is 0 Å². The van der Waals surface area contributed by atoms with Crippen molar-refractivity contribution in [2.45, 2.75) is 24.7 Å². The molecule has 0 bridgehead atoms. The van der Waals surface area contributed by atoms with Gasteiger partial charge in [0.05, 0.1) is 5.41 Å². The van der Waals surface area contributed by atoms with Crippen molar-refractivity contribution in [1.29, 1.82) is 0 Å². The Balaban J connectivity index is 1.72. The maximum atomic E-state index is 12.6. The third kappa shape index (κ3) is 2.96. The van der Waals surface area contributed by atoms with Gasteiger partial charge < -0.3 is 5.32 Å². The van der Waals surface area contributed by atoms with Crippen molar-refractivity contribution >= 4 is 23.2 Å². The van der Waals surface area contributed by atoms with E-state index in [0.717, 1.165) is 30.5 Å². The molecule has 2 nitrogen and oxygen atoms in total. The van der Waals surface area contributed by atoms with E-state index in [9.17, 15) is 4.79 Å². The van der Waals surface area contributed by atoms with Crippen LogP contribution in [0.3, 0.4) is 0 Å². The molecule has 0 heterocycles. The van der Waals surface area contributed by atoms with E-state index in [1.807, 2.05) is 54.6 Å². The maximum Gasteiger partial charge on any atom is 0.235 e. The minimum absolute atomic E-state index is 0.0961. The smallest absolute Gasteiger partial charge is 0.235 e. The van der Waals surface area contributed by atoms with Gasteiger partial charge in [0, 0.05) is 11.6 Å². The summed E-state index contributed by atoms with van der Waals surface area (Å²) in [5.74, 6) is 0.710. The lowest BCUT2D eigenvalue weighted by Gasteiger charge is -2.16. The second-order valence-electron chi connectivity index (χ2n) is 5.54. The van der Waals surface area contributed by atoms with Crippen LogP contribution in [0.15, 0.2) is 54.6 Å². The van der Waals surface area contributed by atoms with Crippen molar-refractivity contribution in [3.05, 3.63) is 65.7 Å². The first kappa shape index (κ1) is 14.2. The van der Waals surface area contributed by atoms with Gasteiger partial charge in [-0.3, -0.25) is 4.79 Å². The summed E-state index contributed by atoms with van der Waals surface area (Å²) >= 11 is 5.73. The normalized spacial score (nSPS) is 15.5. The number of hydrogen-bond acceptors (Lipinski definition) is 1. The lowest BCUT2D eigenvalue weighted by molar-refractivity contribution is -0.118. The van der Waals surface area contributed by atoms with Crippen molar-refractivity contribution in [3.8, 4) is 0 Å². The molecule has 3 rings (SSSR count). The molecular weight excluding hydrogens is 282 g/mol. The van der Waals surface area contributed by atoms with Crippen LogP contribution >= 0.6 is 11.6 Å². The van der Waals surface area contributed by atoms with Crippen molar-refractivity contribution in [2.75, 3.05) is 11.2 Å². The topological polar surface area (TPSA) is 29.1 Å². The molecule has 2 aromatic rings. The van der Waals surface area contributed by atoms with Gasteiger partial charge >= 0.3 is 0 Å². The van der Waals surface area contributed by atoms with Gasteiger partial charge in [-0.2, -0.15) is 0 Å². The van der Waals surface area contributed by atoms with Gasteiger partial charge in [-0.25, -0.2) is 0 Å². The highest BCUT2D eigenvalue weighted by molar-refractivity contribution is 6.18. The van der Waals surface area contributed by atoms with Crippen LogP contribution in [-0.4, -0.2) is 11.8 Å². The number of rotatable bonds is 5. The molecule has 0 unspecified atom stereocenters. The van der Waals surface area contributed by atoms with Gasteiger partial charge in [0.1, 0.15) is 0 Å². The molecule has 1 N–H and O–H groups in total. The van der Waals surface area contributed by atoms with E-state index in [1.165, 1.54) is 5.56 Å². The Hall–Kier alpha value is -1.80. The molecule has 0 saturated heterocycles. The number of carbonyl (C=O) groups is 1.